The fourth-order valence-electron chi connectivity index (χ4n) is 2.28. The van der Waals surface area contributed by atoms with Crippen LogP contribution in [0.3, 0.4) is 0 Å². The Balaban J connectivity index is 1.84. The lowest BCUT2D eigenvalue weighted by atomic mass is 10.1. The summed E-state index contributed by atoms with van der Waals surface area (Å²) in [5, 5.41) is 13.9. The van der Waals surface area contributed by atoms with Gasteiger partial charge in [-0.25, -0.2) is 4.79 Å². The van der Waals surface area contributed by atoms with E-state index in [9.17, 15) is 19.7 Å². The summed E-state index contributed by atoms with van der Waals surface area (Å²) in [7, 11) is 0. The smallest absolute Gasteiger partial charge is 0.331 e. The van der Waals surface area contributed by atoms with Gasteiger partial charge in [-0.15, -0.1) is 0 Å². The summed E-state index contributed by atoms with van der Waals surface area (Å²) < 4.78 is 4.87. The van der Waals surface area contributed by atoms with Gasteiger partial charge in [-0.2, -0.15) is 0 Å². The second kappa shape index (κ2) is 9.49. The standard InChI is InChI=1S/C19H17ClN2O5/c1-13(16-7-2-3-8-17(16)20)21-18(23)12-27-19(24)10-9-14-5-4-6-15(11-14)22(25)26/h2-11,13H,12H2,1H3,(H,21,23)/b10-9+/t13-/m1/s1. The first-order chi connectivity index (χ1) is 12.9. The number of nitrogens with zero attached hydrogens (tertiary/aromatic N) is 1. The molecule has 7 nitrogen and oxygen atoms in total. The van der Waals surface area contributed by atoms with E-state index in [1.165, 1.54) is 24.3 Å². The lowest BCUT2D eigenvalue weighted by Gasteiger charge is -2.15. The summed E-state index contributed by atoms with van der Waals surface area (Å²) in [6.45, 7) is 1.32. The van der Waals surface area contributed by atoms with Crippen LogP contribution in [0.2, 0.25) is 5.02 Å². The highest BCUT2D eigenvalue weighted by molar-refractivity contribution is 6.31. The van der Waals surface area contributed by atoms with E-state index in [1.807, 2.05) is 6.07 Å². The number of rotatable bonds is 7. The minimum atomic E-state index is -0.734. The van der Waals surface area contributed by atoms with Crippen molar-refractivity contribution < 1.29 is 19.2 Å². The number of hydrogen-bond donors (Lipinski definition) is 1. The number of esters is 1. The Morgan fingerprint density at radius 2 is 2.00 bits per heavy atom. The van der Waals surface area contributed by atoms with Crippen LogP contribution in [0.1, 0.15) is 24.1 Å². The van der Waals surface area contributed by atoms with E-state index in [2.05, 4.69) is 5.32 Å². The van der Waals surface area contributed by atoms with E-state index < -0.39 is 23.4 Å². The lowest BCUT2D eigenvalue weighted by Crippen LogP contribution is -2.31. The molecule has 0 fully saturated rings. The Hall–Kier alpha value is -3.19. The van der Waals surface area contributed by atoms with Crippen LogP contribution in [0.5, 0.6) is 0 Å². The Morgan fingerprint density at radius 3 is 2.70 bits per heavy atom. The molecule has 1 amide bonds. The molecular formula is C19H17ClN2O5. The minimum absolute atomic E-state index is 0.0848. The zero-order valence-corrected chi connectivity index (χ0v) is 15.2. The number of ether oxygens (including phenoxy) is 1. The van der Waals surface area contributed by atoms with Crippen LogP contribution >= 0.6 is 11.6 Å². The van der Waals surface area contributed by atoms with Gasteiger partial charge in [-0.1, -0.05) is 41.9 Å². The third kappa shape index (κ3) is 6.23. The topological polar surface area (TPSA) is 98.5 Å². The van der Waals surface area contributed by atoms with Gasteiger partial charge in [0, 0.05) is 23.2 Å². The van der Waals surface area contributed by atoms with Crippen molar-refractivity contribution in [1.29, 1.82) is 0 Å². The molecule has 0 spiro atoms. The molecule has 2 aromatic carbocycles. The van der Waals surface area contributed by atoms with Crippen LogP contribution < -0.4 is 5.32 Å². The third-order valence-corrected chi connectivity index (χ3v) is 3.93. The molecule has 2 aromatic rings. The summed E-state index contributed by atoms with van der Waals surface area (Å²) in [6, 6.07) is 12.5. The van der Waals surface area contributed by atoms with E-state index in [0.29, 0.717) is 10.6 Å². The molecule has 0 heterocycles. The number of non-ortho nitro benzene ring substituents is 1. The van der Waals surface area contributed by atoms with Crippen molar-refractivity contribution in [3.05, 3.63) is 80.9 Å². The van der Waals surface area contributed by atoms with Crippen molar-refractivity contribution in [1.82, 2.24) is 5.32 Å². The molecule has 0 aliphatic carbocycles. The first kappa shape index (κ1) is 20.1. The average molecular weight is 389 g/mol. The number of nitro benzene ring substituents is 1. The maximum absolute atomic E-state index is 11.9. The van der Waals surface area contributed by atoms with Gasteiger partial charge >= 0.3 is 5.97 Å². The van der Waals surface area contributed by atoms with Crippen molar-refractivity contribution >= 4 is 35.2 Å². The molecule has 27 heavy (non-hydrogen) atoms. The van der Waals surface area contributed by atoms with Gasteiger partial charge in [0.05, 0.1) is 11.0 Å². The van der Waals surface area contributed by atoms with E-state index >= 15 is 0 Å². The molecule has 1 N–H and O–H groups in total. The molecule has 140 valence electrons. The van der Waals surface area contributed by atoms with Crippen LogP contribution in [0.15, 0.2) is 54.6 Å². The Kier molecular flexibility index (Phi) is 7.08. The largest absolute Gasteiger partial charge is 0.452 e. The summed E-state index contributed by atoms with van der Waals surface area (Å²) in [4.78, 5) is 33.8. The van der Waals surface area contributed by atoms with Gasteiger partial charge in [0.15, 0.2) is 6.61 Å². The normalized spacial score (nSPS) is 11.8. The summed E-state index contributed by atoms with van der Waals surface area (Å²) in [6.07, 6.45) is 2.48. The maximum Gasteiger partial charge on any atom is 0.331 e. The molecule has 0 radical (unpaired) electrons. The van der Waals surface area contributed by atoms with Crippen LogP contribution in [-0.4, -0.2) is 23.4 Å². The summed E-state index contributed by atoms with van der Waals surface area (Å²) in [5.41, 5.74) is 1.14. The number of benzene rings is 2. The molecule has 0 aliphatic rings. The predicted octanol–water partition coefficient (Wildman–Crippen LogP) is 3.68. The maximum atomic E-state index is 11.9. The van der Waals surface area contributed by atoms with Gasteiger partial charge in [0.1, 0.15) is 0 Å². The number of nitro groups is 1. The monoisotopic (exact) mass is 388 g/mol. The average Bonchev–Trinajstić information content (AvgIpc) is 2.65. The van der Waals surface area contributed by atoms with E-state index in [4.69, 9.17) is 16.3 Å². The summed E-state index contributed by atoms with van der Waals surface area (Å²) >= 11 is 6.07. The molecule has 0 aliphatic heterocycles. The zero-order chi connectivity index (χ0) is 19.8. The Bertz CT molecular complexity index is 882. The van der Waals surface area contributed by atoms with Crippen LogP contribution in [0.25, 0.3) is 6.08 Å². The van der Waals surface area contributed by atoms with E-state index in [1.54, 1.807) is 31.2 Å². The van der Waals surface area contributed by atoms with Crippen molar-refractivity contribution in [3.63, 3.8) is 0 Å². The van der Waals surface area contributed by atoms with E-state index in [-0.39, 0.29) is 11.7 Å². The second-order valence-electron chi connectivity index (χ2n) is 5.60. The van der Waals surface area contributed by atoms with Crippen LogP contribution in [0.4, 0.5) is 5.69 Å². The molecule has 0 saturated heterocycles. The van der Waals surface area contributed by atoms with E-state index in [0.717, 1.165) is 11.6 Å². The van der Waals surface area contributed by atoms with Gasteiger partial charge < -0.3 is 10.1 Å². The minimum Gasteiger partial charge on any atom is -0.452 e. The number of carbonyl (C=O) groups is 2. The lowest BCUT2D eigenvalue weighted by molar-refractivity contribution is -0.384. The number of carbonyl (C=O) groups excluding carboxylic acids is 2. The SMILES string of the molecule is C[C@@H](NC(=O)COC(=O)/C=C/c1cccc([N+](=O)[O-])c1)c1ccccc1Cl. The Morgan fingerprint density at radius 1 is 1.26 bits per heavy atom. The first-order valence-electron chi connectivity index (χ1n) is 8.00. The predicted molar refractivity (Wildman–Crippen MR) is 101 cm³/mol. The highest BCUT2D eigenvalue weighted by Crippen LogP contribution is 2.21. The molecule has 0 unspecified atom stereocenters. The molecule has 1 atom stereocenters. The molecule has 0 aromatic heterocycles. The van der Waals surface area contributed by atoms with Gasteiger partial charge in [-0.3, -0.25) is 14.9 Å². The highest BCUT2D eigenvalue weighted by atomic mass is 35.5. The Labute approximate surface area is 160 Å². The second-order valence-corrected chi connectivity index (χ2v) is 6.01. The molecule has 2 rings (SSSR count). The van der Waals surface area contributed by atoms with Gasteiger partial charge in [-0.05, 0) is 30.2 Å². The van der Waals surface area contributed by atoms with Crippen molar-refractivity contribution in [2.75, 3.05) is 6.61 Å². The summed E-state index contributed by atoms with van der Waals surface area (Å²) in [5.74, 6) is -1.21. The number of halogens is 1. The van der Waals surface area contributed by atoms with Crippen molar-refractivity contribution in [3.8, 4) is 0 Å². The first-order valence-corrected chi connectivity index (χ1v) is 8.37. The van der Waals surface area contributed by atoms with Crippen molar-refractivity contribution in [2.24, 2.45) is 0 Å². The van der Waals surface area contributed by atoms with Gasteiger partial charge in [0.25, 0.3) is 11.6 Å². The molecular weight excluding hydrogens is 372 g/mol. The van der Waals surface area contributed by atoms with Crippen molar-refractivity contribution in [2.45, 2.75) is 13.0 Å². The fraction of sp³-hybridized carbons (Fsp3) is 0.158. The van der Waals surface area contributed by atoms with Crippen LogP contribution in [-0.2, 0) is 14.3 Å². The highest BCUT2D eigenvalue weighted by Gasteiger charge is 2.13. The molecule has 8 heteroatoms. The quantitative estimate of drug-likeness (QED) is 0.337. The van der Waals surface area contributed by atoms with Crippen LogP contribution in [0, 0.1) is 10.1 Å². The zero-order valence-electron chi connectivity index (χ0n) is 14.4. The fourth-order valence-corrected chi connectivity index (χ4v) is 2.58. The molecule has 0 saturated carbocycles. The van der Waals surface area contributed by atoms with Gasteiger partial charge in [0.2, 0.25) is 0 Å². The number of amides is 1. The third-order valence-electron chi connectivity index (χ3n) is 3.59. The number of nitrogens with one attached hydrogen (secondary N) is 1. The number of hydrogen-bond acceptors (Lipinski definition) is 5. The molecule has 0 bridgehead atoms.